The van der Waals surface area contributed by atoms with Gasteiger partial charge in [-0.15, -0.1) is 0 Å². The van der Waals surface area contributed by atoms with Gasteiger partial charge in [0, 0.05) is 38.0 Å². The third-order valence-corrected chi connectivity index (χ3v) is 3.78. The summed E-state index contributed by atoms with van der Waals surface area (Å²) < 4.78 is 0. The molecule has 1 amide bonds. The van der Waals surface area contributed by atoms with Gasteiger partial charge in [-0.25, -0.2) is 0 Å². The lowest BCUT2D eigenvalue weighted by atomic mass is 10.0. The van der Waals surface area contributed by atoms with Crippen molar-refractivity contribution in [3.05, 3.63) is 0 Å². The molecule has 0 spiro atoms. The number of rotatable bonds is 6. The van der Waals surface area contributed by atoms with Gasteiger partial charge in [-0.05, 0) is 33.4 Å². The summed E-state index contributed by atoms with van der Waals surface area (Å²) in [4.78, 5) is 24.3. The van der Waals surface area contributed by atoms with Gasteiger partial charge in [0.25, 0.3) is 0 Å². The van der Waals surface area contributed by atoms with Crippen molar-refractivity contribution in [3.8, 4) is 0 Å². The molecule has 0 radical (unpaired) electrons. The molecule has 1 aliphatic heterocycles. The minimum Gasteiger partial charge on any atom is -0.481 e. The minimum absolute atomic E-state index is 0.0673. The molecule has 0 aliphatic carbocycles. The summed E-state index contributed by atoms with van der Waals surface area (Å²) in [6, 6.07) is 0.753. The molecule has 0 aromatic rings. The van der Waals surface area contributed by atoms with E-state index >= 15 is 0 Å². The molecule has 2 atom stereocenters. The van der Waals surface area contributed by atoms with E-state index in [0.29, 0.717) is 24.9 Å². The number of aliphatic carboxylic acids is 1. The van der Waals surface area contributed by atoms with Crippen LogP contribution in [-0.4, -0.2) is 61.2 Å². The Balaban J connectivity index is 2.42. The molecule has 0 saturated carbocycles. The Bertz CT molecular complexity index is 296. The summed E-state index contributed by atoms with van der Waals surface area (Å²) in [6.45, 7) is 1.49. The largest absolute Gasteiger partial charge is 0.481 e. The predicted molar refractivity (Wildman–Crippen MR) is 73.0 cm³/mol. The first kappa shape index (κ1) is 15.9. The van der Waals surface area contributed by atoms with Gasteiger partial charge in [0.1, 0.15) is 0 Å². The van der Waals surface area contributed by atoms with Crippen molar-refractivity contribution in [2.75, 3.05) is 27.2 Å². The van der Waals surface area contributed by atoms with E-state index in [1.54, 1.807) is 0 Å². The monoisotopic (exact) mass is 271 g/mol. The molecule has 0 aromatic carbocycles. The smallest absolute Gasteiger partial charge is 0.303 e. The number of carboxylic acid groups (broad SMARTS) is 1. The van der Waals surface area contributed by atoms with E-state index in [1.807, 2.05) is 19.0 Å². The molecule has 1 aliphatic rings. The maximum atomic E-state index is 12.0. The van der Waals surface area contributed by atoms with Gasteiger partial charge in [0.2, 0.25) is 5.91 Å². The zero-order chi connectivity index (χ0) is 14.3. The van der Waals surface area contributed by atoms with Crippen LogP contribution in [0, 0.1) is 0 Å². The van der Waals surface area contributed by atoms with E-state index in [1.165, 1.54) is 0 Å². The van der Waals surface area contributed by atoms with E-state index in [-0.39, 0.29) is 12.3 Å². The third kappa shape index (κ3) is 5.16. The molecule has 0 unspecified atom stereocenters. The zero-order valence-corrected chi connectivity index (χ0v) is 11.8. The first-order valence-electron chi connectivity index (χ1n) is 6.92. The number of carbonyl (C=O) groups excluding carboxylic acids is 1. The van der Waals surface area contributed by atoms with Crippen molar-refractivity contribution in [1.82, 2.24) is 15.5 Å². The molecular weight excluding hydrogens is 246 g/mol. The number of hydrogen-bond donors (Lipinski definition) is 3. The molecule has 3 N–H and O–H groups in total. The number of hydrogen-bond acceptors (Lipinski definition) is 4. The second kappa shape index (κ2) is 8.12. The quantitative estimate of drug-likeness (QED) is 0.635. The number of nitrogens with zero attached hydrogens (tertiary/aromatic N) is 1. The Morgan fingerprint density at radius 2 is 1.63 bits per heavy atom. The fourth-order valence-electron chi connectivity index (χ4n) is 2.59. The van der Waals surface area contributed by atoms with Crippen LogP contribution in [0.4, 0.5) is 0 Å². The number of nitrogens with one attached hydrogen (secondary N) is 2. The van der Waals surface area contributed by atoms with Crippen LogP contribution in [0.1, 0.15) is 32.1 Å². The highest BCUT2D eigenvalue weighted by Gasteiger charge is 2.25. The molecule has 1 heterocycles. The number of carboxylic acids is 1. The molecule has 0 bridgehead atoms. The van der Waals surface area contributed by atoms with Gasteiger partial charge in [-0.1, -0.05) is 0 Å². The van der Waals surface area contributed by atoms with E-state index < -0.39 is 5.97 Å². The highest BCUT2D eigenvalue weighted by molar-refractivity contribution is 5.77. The van der Waals surface area contributed by atoms with Gasteiger partial charge >= 0.3 is 5.97 Å². The van der Waals surface area contributed by atoms with E-state index in [0.717, 1.165) is 25.9 Å². The normalized spacial score (nSPS) is 24.0. The van der Waals surface area contributed by atoms with E-state index in [9.17, 15) is 9.59 Å². The Labute approximate surface area is 114 Å². The summed E-state index contributed by atoms with van der Waals surface area (Å²) in [5.74, 6) is -0.762. The van der Waals surface area contributed by atoms with Crippen LogP contribution in [0.25, 0.3) is 0 Å². The number of likely N-dealkylation sites (tertiary alicyclic amines) is 1. The highest BCUT2D eigenvalue weighted by atomic mass is 16.4. The standard InChI is InChI=1S/C13H25N3O3/c1-14-10-6-8-16(9-7-11(10)15-2)12(17)4-3-5-13(18)19/h10-11,14-15H,3-9H2,1-2H3,(H,18,19)/t10-,11-/m0/s1. The molecule has 19 heavy (non-hydrogen) atoms. The summed E-state index contributed by atoms with van der Waals surface area (Å²) in [5.41, 5.74) is 0. The highest BCUT2D eigenvalue weighted by Crippen LogP contribution is 2.13. The SMILES string of the molecule is CN[C@H]1CCN(C(=O)CCCC(=O)O)CC[C@@H]1NC. The molecule has 6 heteroatoms. The average molecular weight is 271 g/mol. The van der Waals surface area contributed by atoms with Crippen LogP contribution >= 0.6 is 0 Å². The zero-order valence-electron chi connectivity index (χ0n) is 11.8. The van der Waals surface area contributed by atoms with Gasteiger partial charge in [-0.2, -0.15) is 0 Å². The fraction of sp³-hybridized carbons (Fsp3) is 0.846. The lowest BCUT2D eigenvalue weighted by Gasteiger charge is -2.23. The molecule has 6 nitrogen and oxygen atoms in total. The molecule has 1 saturated heterocycles. The molecular formula is C13H25N3O3. The van der Waals surface area contributed by atoms with Crippen molar-refractivity contribution in [2.24, 2.45) is 0 Å². The molecule has 110 valence electrons. The van der Waals surface area contributed by atoms with E-state index in [2.05, 4.69) is 10.6 Å². The van der Waals surface area contributed by atoms with Crippen molar-refractivity contribution >= 4 is 11.9 Å². The van der Waals surface area contributed by atoms with Crippen molar-refractivity contribution in [2.45, 2.75) is 44.2 Å². The predicted octanol–water partition coefficient (Wildman–Crippen LogP) is 0.0397. The summed E-state index contributed by atoms with van der Waals surface area (Å²) in [6.07, 6.45) is 2.67. The second-order valence-corrected chi connectivity index (χ2v) is 5.00. The lowest BCUT2D eigenvalue weighted by molar-refractivity contribution is -0.137. The molecule has 0 aromatic heterocycles. The molecule has 1 rings (SSSR count). The van der Waals surface area contributed by atoms with Crippen LogP contribution in [0.3, 0.4) is 0 Å². The second-order valence-electron chi connectivity index (χ2n) is 5.00. The van der Waals surface area contributed by atoms with E-state index in [4.69, 9.17) is 5.11 Å². The van der Waals surface area contributed by atoms with Crippen molar-refractivity contribution in [3.63, 3.8) is 0 Å². The topological polar surface area (TPSA) is 81.7 Å². The third-order valence-electron chi connectivity index (χ3n) is 3.78. The van der Waals surface area contributed by atoms with Crippen LogP contribution in [0.5, 0.6) is 0 Å². The lowest BCUT2D eigenvalue weighted by Crippen LogP contribution is -2.45. The maximum absolute atomic E-state index is 12.0. The van der Waals surface area contributed by atoms with Gasteiger partial charge in [0.15, 0.2) is 0 Å². The van der Waals surface area contributed by atoms with Crippen LogP contribution < -0.4 is 10.6 Å². The van der Waals surface area contributed by atoms with Crippen LogP contribution in [0.2, 0.25) is 0 Å². The molecule has 1 fully saturated rings. The first-order valence-corrected chi connectivity index (χ1v) is 6.92. The van der Waals surface area contributed by atoms with Gasteiger partial charge < -0.3 is 20.6 Å². The first-order chi connectivity index (χ1) is 9.08. The van der Waals surface area contributed by atoms with Crippen LogP contribution in [-0.2, 0) is 9.59 Å². The van der Waals surface area contributed by atoms with Crippen molar-refractivity contribution < 1.29 is 14.7 Å². The van der Waals surface area contributed by atoms with Crippen molar-refractivity contribution in [1.29, 1.82) is 0 Å². The summed E-state index contributed by atoms with van der Waals surface area (Å²) in [5, 5.41) is 15.1. The summed E-state index contributed by atoms with van der Waals surface area (Å²) >= 11 is 0. The number of amides is 1. The van der Waals surface area contributed by atoms with Gasteiger partial charge in [-0.3, -0.25) is 9.59 Å². The Kier molecular flexibility index (Phi) is 6.80. The van der Waals surface area contributed by atoms with Gasteiger partial charge in [0.05, 0.1) is 0 Å². The Hall–Kier alpha value is -1.14. The Morgan fingerprint density at radius 1 is 1.11 bits per heavy atom. The number of carbonyl (C=O) groups is 2. The Morgan fingerprint density at radius 3 is 2.05 bits per heavy atom. The summed E-state index contributed by atoms with van der Waals surface area (Å²) in [7, 11) is 3.89. The maximum Gasteiger partial charge on any atom is 0.303 e. The average Bonchev–Trinajstić information content (AvgIpc) is 2.59. The fourth-order valence-corrected chi connectivity index (χ4v) is 2.59. The van der Waals surface area contributed by atoms with Crippen LogP contribution in [0.15, 0.2) is 0 Å². The number of likely N-dealkylation sites (N-methyl/N-ethyl adjacent to an activating group) is 2. The minimum atomic E-state index is -0.839.